The average Bonchev–Trinajstić information content (AvgIpc) is 2.96. The highest BCUT2D eigenvalue weighted by molar-refractivity contribution is 4.83. The number of nitrogens with two attached hydrogens (primary N) is 1. The van der Waals surface area contributed by atoms with Crippen molar-refractivity contribution < 1.29 is 0 Å². The summed E-state index contributed by atoms with van der Waals surface area (Å²) in [7, 11) is 0. The Kier molecular flexibility index (Phi) is 5.36. The first kappa shape index (κ1) is 14.8. The van der Waals surface area contributed by atoms with Gasteiger partial charge in [0.1, 0.15) is 0 Å². The lowest BCUT2D eigenvalue weighted by Gasteiger charge is -2.38. The maximum absolute atomic E-state index is 6.30. The lowest BCUT2D eigenvalue weighted by atomic mass is 9.84. The maximum atomic E-state index is 6.30. The van der Waals surface area contributed by atoms with Crippen LogP contribution in [0.1, 0.15) is 51.4 Å². The molecule has 3 heteroatoms. The van der Waals surface area contributed by atoms with Gasteiger partial charge < -0.3 is 15.5 Å². The molecule has 0 aromatic heterocycles. The molecule has 116 valence electrons. The van der Waals surface area contributed by atoms with Crippen LogP contribution in [0.15, 0.2) is 0 Å². The van der Waals surface area contributed by atoms with Crippen molar-refractivity contribution in [1.29, 1.82) is 0 Å². The molecule has 3 aliphatic rings. The standard InChI is InChI=1S/C17H33N3/c18-17-6-2-1-5-16(17)14-20-11-7-15(8-12-20)13-19-9-3-4-10-19/h15-17H,1-14,18H2. The van der Waals surface area contributed by atoms with E-state index in [1.54, 1.807) is 0 Å². The van der Waals surface area contributed by atoms with Crippen molar-refractivity contribution >= 4 is 0 Å². The highest BCUT2D eigenvalue weighted by Gasteiger charge is 2.27. The van der Waals surface area contributed by atoms with E-state index in [1.165, 1.54) is 90.6 Å². The predicted molar refractivity (Wildman–Crippen MR) is 84.8 cm³/mol. The molecule has 0 spiro atoms. The van der Waals surface area contributed by atoms with E-state index >= 15 is 0 Å². The summed E-state index contributed by atoms with van der Waals surface area (Å²) in [6.45, 7) is 8.01. The number of hydrogen-bond donors (Lipinski definition) is 1. The van der Waals surface area contributed by atoms with E-state index in [0.29, 0.717) is 6.04 Å². The third-order valence-corrected chi connectivity index (χ3v) is 5.88. The Morgan fingerprint density at radius 2 is 1.35 bits per heavy atom. The van der Waals surface area contributed by atoms with Gasteiger partial charge in [0.2, 0.25) is 0 Å². The van der Waals surface area contributed by atoms with Crippen LogP contribution in [0, 0.1) is 11.8 Å². The molecule has 2 heterocycles. The summed E-state index contributed by atoms with van der Waals surface area (Å²) in [6.07, 6.45) is 11.1. The first-order valence-electron chi connectivity index (χ1n) is 9.01. The molecule has 2 N–H and O–H groups in total. The lowest BCUT2D eigenvalue weighted by Crippen LogP contribution is -2.45. The summed E-state index contributed by atoms with van der Waals surface area (Å²) in [5, 5.41) is 0. The van der Waals surface area contributed by atoms with Gasteiger partial charge in [0, 0.05) is 19.1 Å². The first-order chi connectivity index (χ1) is 9.81. The number of hydrogen-bond acceptors (Lipinski definition) is 3. The lowest BCUT2D eigenvalue weighted by molar-refractivity contribution is 0.121. The molecule has 2 aliphatic heterocycles. The van der Waals surface area contributed by atoms with E-state index in [4.69, 9.17) is 5.73 Å². The number of piperidine rings is 1. The van der Waals surface area contributed by atoms with Gasteiger partial charge >= 0.3 is 0 Å². The molecule has 0 aromatic rings. The quantitative estimate of drug-likeness (QED) is 0.857. The zero-order valence-electron chi connectivity index (χ0n) is 13.1. The van der Waals surface area contributed by atoms with Gasteiger partial charge in [-0.05, 0) is 76.5 Å². The molecule has 2 unspecified atom stereocenters. The fraction of sp³-hybridized carbons (Fsp3) is 1.00. The monoisotopic (exact) mass is 279 g/mol. The Labute approximate surface area is 124 Å². The molecule has 3 nitrogen and oxygen atoms in total. The minimum atomic E-state index is 0.478. The van der Waals surface area contributed by atoms with E-state index in [2.05, 4.69) is 9.80 Å². The fourth-order valence-corrected chi connectivity index (χ4v) is 4.48. The zero-order chi connectivity index (χ0) is 13.8. The smallest absolute Gasteiger partial charge is 0.00793 e. The van der Waals surface area contributed by atoms with Crippen LogP contribution in [-0.4, -0.2) is 55.1 Å². The second kappa shape index (κ2) is 7.24. The Balaban J connectivity index is 1.37. The molecule has 0 radical (unpaired) electrons. The molecule has 3 rings (SSSR count). The molecule has 0 bridgehead atoms. The van der Waals surface area contributed by atoms with Gasteiger partial charge in [0.25, 0.3) is 0 Å². The SMILES string of the molecule is NC1CCCCC1CN1CCC(CN2CCCC2)CC1. The summed E-state index contributed by atoms with van der Waals surface area (Å²) in [6, 6.07) is 0.478. The average molecular weight is 279 g/mol. The van der Waals surface area contributed by atoms with Crippen LogP contribution in [0.3, 0.4) is 0 Å². The van der Waals surface area contributed by atoms with Gasteiger partial charge in [0.05, 0.1) is 0 Å². The van der Waals surface area contributed by atoms with E-state index in [9.17, 15) is 0 Å². The summed E-state index contributed by atoms with van der Waals surface area (Å²) in [4.78, 5) is 5.40. The molecule has 1 saturated carbocycles. The van der Waals surface area contributed by atoms with Crippen molar-refractivity contribution in [3.8, 4) is 0 Å². The highest BCUT2D eigenvalue weighted by Crippen LogP contribution is 2.26. The van der Waals surface area contributed by atoms with Gasteiger partial charge in [-0.3, -0.25) is 0 Å². The minimum absolute atomic E-state index is 0.478. The molecule has 0 amide bonds. The van der Waals surface area contributed by atoms with Crippen molar-refractivity contribution in [2.24, 2.45) is 17.6 Å². The second-order valence-corrected chi connectivity index (χ2v) is 7.46. The zero-order valence-corrected chi connectivity index (χ0v) is 13.1. The van der Waals surface area contributed by atoms with Crippen LogP contribution >= 0.6 is 0 Å². The molecule has 0 aromatic carbocycles. The van der Waals surface area contributed by atoms with Crippen molar-refractivity contribution in [2.45, 2.75) is 57.4 Å². The van der Waals surface area contributed by atoms with Gasteiger partial charge in [-0.1, -0.05) is 12.8 Å². The van der Waals surface area contributed by atoms with Crippen molar-refractivity contribution in [2.75, 3.05) is 39.3 Å². The van der Waals surface area contributed by atoms with Crippen molar-refractivity contribution in [3.05, 3.63) is 0 Å². The first-order valence-corrected chi connectivity index (χ1v) is 9.01. The molecule has 2 saturated heterocycles. The Morgan fingerprint density at radius 3 is 2.05 bits per heavy atom. The third-order valence-electron chi connectivity index (χ3n) is 5.88. The highest BCUT2D eigenvalue weighted by atomic mass is 15.2. The van der Waals surface area contributed by atoms with Gasteiger partial charge in [-0.15, -0.1) is 0 Å². The predicted octanol–water partition coefficient (Wildman–Crippen LogP) is 2.31. The van der Waals surface area contributed by atoms with Gasteiger partial charge in [0.15, 0.2) is 0 Å². The molecular formula is C17H33N3. The molecule has 2 atom stereocenters. The Morgan fingerprint density at radius 1 is 0.700 bits per heavy atom. The Hall–Kier alpha value is -0.120. The molecule has 3 fully saturated rings. The van der Waals surface area contributed by atoms with Crippen LogP contribution < -0.4 is 5.73 Å². The number of likely N-dealkylation sites (tertiary alicyclic amines) is 2. The Bertz CT molecular complexity index is 280. The number of rotatable bonds is 4. The molecule has 20 heavy (non-hydrogen) atoms. The second-order valence-electron chi connectivity index (χ2n) is 7.46. The molecular weight excluding hydrogens is 246 g/mol. The van der Waals surface area contributed by atoms with Gasteiger partial charge in [-0.2, -0.15) is 0 Å². The van der Waals surface area contributed by atoms with Crippen molar-refractivity contribution in [1.82, 2.24) is 9.80 Å². The largest absolute Gasteiger partial charge is 0.327 e. The van der Waals surface area contributed by atoms with E-state index < -0.39 is 0 Å². The molecule has 1 aliphatic carbocycles. The van der Waals surface area contributed by atoms with E-state index in [0.717, 1.165) is 11.8 Å². The van der Waals surface area contributed by atoms with Crippen LogP contribution in [0.5, 0.6) is 0 Å². The van der Waals surface area contributed by atoms with Crippen LogP contribution in [0.25, 0.3) is 0 Å². The maximum Gasteiger partial charge on any atom is 0.00793 e. The van der Waals surface area contributed by atoms with E-state index in [-0.39, 0.29) is 0 Å². The number of nitrogens with zero attached hydrogens (tertiary/aromatic N) is 2. The summed E-state index contributed by atoms with van der Waals surface area (Å²) >= 11 is 0. The summed E-state index contributed by atoms with van der Waals surface area (Å²) in [5.74, 6) is 1.74. The summed E-state index contributed by atoms with van der Waals surface area (Å²) in [5.41, 5.74) is 6.30. The topological polar surface area (TPSA) is 32.5 Å². The van der Waals surface area contributed by atoms with E-state index in [1.807, 2.05) is 0 Å². The van der Waals surface area contributed by atoms with Crippen LogP contribution in [0.4, 0.5) is 0 Å². The van der Waals surface area contributed by atoms with Crippen molar-refractivity contribution in [3.63, 3.8) is 0 Å². The fourth-order valence-electron chi connectivity index (χ4n) is 4.48. The minimum Gasteiger partial charge on any atom is -0.327 e. The normalized spacial score (nSPS) is 34.6. The van der Waals surface area contributed by atoms with Gasteiger partial charge in [-0.25, -0.2) is 0 Å². The van der Waals surface area contributed by atoms with Crippen LogP contribution in [0.2, 0.25) is 0 Å². The summed E-state index contributed by atoms with van der Waals surface area (Å²) < 4.78 is 0. The van der Waals surface area contributed by atoms with Crippen LogP contribution in [-0.2, 0) is 0 Å². The third kappa shape index (κ3) is 3.96.